The molecule has 1 rings (SSSR count). The Kier molecular flexibility index (Phi) is 8.08. The normalized spacial score (nSPS) is 17.8. The first kappa shape index (κ1) is 15.3. The predicted octanol–water partition coefficient (Wildman–Crippen LogP) is 2.28. The second kappa shape index (κ2) is 8.45. The van der Waals surface area contributed by atoms with E-state index in [9.17, 15) is 0 Å². The van der Waals surface area contributed by atoms with Crippen molar-refractivity contribution < 1.29 is 14.0 Å². The van der Waals surface area contributed by atoms with Crippen LogP contribution in [0.2, 0.25) is 0 Å². The van der Waals surface area contributed by atoms with E-state index in [0.29, 0.717) is 12.2 Å². The van der Waals surface area contributed by atoms with E-state index in [1.54, 1.807) is 0 Å². The van der Waals surface area contributed by atoms with E-state index in [-0.39, 0.29) is 0 Å². The Hall–Kier alpha value is -0.700. The number of rotatable bonds is 5. The summed E-state index contributed by atoms with van der Waals surface area (Å²) in [5.74, 6) is 0. The van der Waals surface area contributed by atoms with Crippen LogP contribution in [0.1, 0.15) is 40.0 Å². The van der Waals surface area contributed by atoms with Crippen LogP contribution in [-0.4, -0.2) is 43.0 Å². The molecule has 1 fully saturated rings. The van der Waals surface area contributed by atoms with Gasteiger partial charge in [-0.05, 0) is 26.3 Å². The Balaban J connectivity index is 0.000000673. The molecule has 0 saturated carbocycles. The highest BCUT2D eigenvalue weighted by Gasteiger charge is 2.31. The molecule has 4 heteroatoms. The number of hydrogen-bond donors (Lipinski definition) is 0. The fraction of sp³-hybridized carbons (Fsp3) is 0.917. The van der Waals surface area contributed by atoms with Gasteiger partial charge >= 0.3 is 0 Å². The minimum Gasteiger partial charge on any atom is -0.724 e. The van der Waals surface area contributed by atoms with Gasteiger partial charge in [-0.3, -0.25) is 4.79 Å². The third-order valence-corrected chi connectivity index (χ3v) is 2.89. The van der Waals surface area contributed by atoms with Gasteiger partial charge in [0.2, 0.25) is 0 Å². The molecule has 0 aromatic carbocycles. The number of likely N-dealkylation sites (tertiary alicyclic amines) is 1. The molecule has 1 saturated heterocycles. The maximum absolute atomic E-state index is 8.24. The van der Waals surface area contributed by atoms with Gasteiger partial charge < -0.3 is 14.6 Å². The highest BCUT2D eigenvalue weighted by Crippen LogP contribution is 2.20. The average molecular weight is 228 g/mol. The summed E-state index contributed by atoms with van der Waals surface area (Å²) < 4.78 is 6.97. The van der Waals surface area contributed by atoms with Crippen LogP contribution in [0.25, 0.3) is 5.41 Å². The summed E-state index contributed by atoms with van der Waals surface area (Å²) in [5, 5.41) is 6.76. The molecule has 1 aliphatic heterocycles. The average Bonchev–Trinajstić information content (AvgIpc) is 2.66. The summed E-state index contributed by atoms with van der Waals surface area (Å²) in [6, 6.07) is 0. The summed E-state index contributed by atoms with van der Waals surface area (Å²) in [6.07, 6.45) is 4.94. The number of ether oxygens (including phenoxy) is 1. The third-order valence-electron chi connectivity index (χ3n) is 2.89. The zero-order valence-corrected chi connectivity index (χ0v) is 10.7. The molecule has 4 nitrogen and oxygen atoms in total. The molecule has 0 unspecified atom stereocenters. The molecule has 0 radical (unpaired) electrons. The third kappa shape index (κ3) is 6.01. The molecule has 0 amide bonds. The van der Waals surface area contributed by atoms with Crippen LogP contribution in [0.4, 0.5) is 0 Å². The van der Waals surface area contributed by atoms with Crippen LogP contribution in [0, 0.1) is 0 Å². The van der Waals surface area contributed by atoms with E-state index < -0.39 is 0 Å². The van der Waals surface area contributed by atoms with Gasteiger partial charge in [0.05, 0.1) is 25.7 Å². The van der Waals surface area contributed by atoms with Gasteiger partial charge in [0.15, 0.2) is 6.73 Å². The Bertz CT molecular complexity index is 205. The molecule has 0 aliphatic carbocycles. The molecular weight excluding hydrogens is 204 g/mol. The smallest absolute Gasteiger partial charge is 0.183 e. The number of isocyanates is 1. The predicted molar refractivity (Wildman–Crippen MR) is 64.5 cm³/mol. The first-order valence-electron chi connectivity index (χ1n) is 6.08. The summed E-state index contributed by atoms with van der Waals surface area (Å²) >= 11 is 0. The maximum atomic E-state index is 8.24. The molecule has 0 aromatic rings. The van der Waals surface area contributed by atoms with Crippen LogP contribution in [0.15, 0.2) is 0 Å². The van der Waals surface area contributed by atoms with Crippen molar-refractivity contribution in [2.75, 3.05) is 26.4 Å². The van der Waals surface area contributed by atoms with Crippen LogP contribution < -0.4 is 0 Å². The topological polar surface area (TPSA) is 48.6 Å². The minimum absolute atomic E-state index is 0.382. The van der Waals surface area contributed by atoms with Gasteiger partial charge in [0.25, 0.3) is 0 Å². The summed E-state index contributed by atoms with van der Waals surface area (Å²) in [7, 11) is 0. The van der Waals surface area contributed by atoms with Crippen molar-refractivity contribution in [2.45, 2.75) is 46.1 Å². The molecule has 16 heavy (non-hydrogen) atoms. The highest BCUT2D eigenvalue weighted by atomic mass is 16.5. The van der Waals surface area contributed by atoms with Crippen LogP contribution in [0.3, 0.4) is 0 Å². The van der Waals surface area contributed by atoms with Crippen molar-refractivity contribution in [2.24, 2.45) is 0 Å². The van der Waals surface area contributed by atoms with E-state index in [1.807, 2.05) is 0 Å². The first-order chi connectivity index (χ1) is 7.60. The summed E-state index contributed by atoms with van der Waals surface area (Å²) in [5.41, 5.74) is 0. The van der Waals surface area contributed by atoms with E-state index in [0.717, 1.165) is 6.73 Å². The zero-order valence-electron chi connectivity index (χ0n) is 10.7. The van der Waals surface area contributed by atoms with Gasteiger partial charge in [0, 0.05) is 12.8 Å². The van der Waals surface area contributed by atoms with Crippen LogP contribution in [-0.2, 0) is 9.53 Å². The lowest BCUT2D eigenvalue weighted by Gasteiger charge is -2.34. The minimum atomic E-state index is 0.382. The molecule has 0 aromatic heterocycles. The quantitative estimate of drug-likeness (QED) is 0.412. The van der Waals surface area contributed by atoms with Crippen molar-refractivity contribution in [1.82, 2.24) is 0 Å². The van der Waals surface area contributed by atoms with E-state index in [1.165, 1.54) is 43.4 Å². The lowest BCUT2D eigenvalue weighted by molar-refractivity contribution is -0.935. The Labute approximate surface area is 98.7 Å². The van der Waals surface area contributed by atoms with Crippen LogP contribution >= 0.6 is 0 Å². The van der Waals surface area contributed by atoms with E-state index >= 15 is 0 Å². The Morgan fingerprint density at radius 1 is 1.38 bits per heavy atom. The van der Waals surface area contributed by atoms with E-state index in [4.69, 9.17) is 14.9 Å². The van der Waals surface area contributed by atoms with Crippen molar-refractivity contribution in [3.05, 3.63) is 5.41 Å². The van der Waals surface area contributed by atoms with Gasteiger partial charge in [-0.15, -0.1) is 0 Å². The zero-order chi connectivity index (χ0) is 12.4. The fourth-order valence-corrected chi connectivity index (χ4v) is 2.21. The van der Waals surface area contributed by atoms with Crippen LogP contribution in [0.5, 0.6) is 0 Å². The molecule has 0 atom stereocenters. The largest absolute Gasteiger partial charge is 0.724 e. The second-order valence-corrected chi connectivity index (χ2v) is 4.66. The van der Waals surface area contributed by atoms with Crippen molar-refractivity contribution in [1.29, 1.82) is 0 Å². The lowest BCUT2D eigenvalue weighted by atomic mass is 10.3. The number of hydrogen-bond acceptors (Lipinski definition) is 2. The molecule has 0 spiro atoms. The molecule has 1 aliphatic rings. The Morgan fingerprint density at radius 3 is 2.25 bits per heavy atom. The number of carbonyl (C=O) groups excluding carboxylic acids is 1. The summed E-state index contributed by atoms with van der Waals surface area (Å²) in [6.45, 7) is 11.4. The number of quaternary nitrogens is 1. The Morgan fingerprint density at radius 2 is 1.88 bits per heavy atom. The van der Waals surface area contributed by atoms with Crippen molar-refractivity contribution in [3.8, 4) is 0 Å². The monoisotopic (exact) mass is 228 g/mol. The standard InChI is InChI=1S/C11H24NO.CNO/c1-4-7-12(8-5-6-9-12)10-13-11(2)3;2-1-3/h11H,4-10H2,1-3H3;/q+1;-1. The molecule has 0 N–H and O–H groups in total. The van der Waals surface area contributed by atoms with Gasteiger partial charge in [-0.25, -0.2) is 0 Å². The lowest BCUT2D eigenvalue weighted by Crippen LogP contribution is -2.48. The number of nitrogens with zero attached hydrogens (tertiary/aromatic N) is 2. The molecule has 0 bridgehead atoms. The van der Waals surface area contributed by atoms with Gasteiger partial charge in [-0.2, -0.15) is 0 Å². The molecule has 94 valence electrons. The molecular formula is C12H24N2O2. The van der Waals surface area contributed by atoms with Crippen molar-refractivity contribution in [3.63, 3.8) is 0 Å². The van der Waals surface area contributed by atoms with Gasteiger partial charge in [-0.1, -0.05) is 6.92 Å². The van der Waals surface area contributed by atoms with Crippen molar-refractivity contribution >= 4 is 6.08 Å². The van der Waals surface area contributed by atoms with Gasteiger partial charge in [0.1, 0.15) is 0 Å². The maximum Gasteiger partial charge on any atom is 0.183 e. The second-order valence-electron chi connectivity index (χ2n) is 4.66. The van der Waals surface area contributed by atoms with E-state index in [2.05, 4.69) is 20.8 Å². The fourth-order valence-electron chi connectivity index (χ4n) is 2.21. The summed E-state index contributed by atoms with van der Waals surface area (Å²) in [4.78, 5) is 8.24. The first-order valence-corrected chi connectivity index (χ1v) is 6.08. The molecule has 1 heterocycles. The SMILES string of the molecule is CCC[N+]1(COC(C)C)CCCC1.[N-]=C=O. The highest BCUT2D eigenvalue weighted by molar-refractivity contribution is 5.36.